The Balaban J connectivity index is 2.08. The maximum absolute atomic E-state index is 9.20. The summed E-state index contributed by atoms with van der Waals surface area (Å²) in [5, 5.41) is 21.0. The van der Waals surface area contributed by atoms with Crippen molar-refractivity contribution < 1.29 is 5.11 Å². The first-order valence-electron chi connectivity index (χ1n) is 6.55. The van der Waals surface area contributed by atoms with Gasteiger partial charge in [0.1, 0.15) is 17.5 Å². The molecular weight excluding hydrogens is 306 g/mol. The first-order chi connectivity index (χ1) is 10.1. The molecule has 0 fully saturated rings. The van der Waals surface area contributed by atoms with E-state index >= 15 is 0 Å². The van der Waals surface area contributed by atoms with Crippen molar-refractivity contribution in [2.45, 2.75) is 37.1 Å². The topological polar surface area (TPSA) is 76.7 Å². The molecule has 0 bridgehead atoms. The van der Waals surface area contributed by atoms with Crippen LogP contribution in [-0.4, -0.2) is 29.8 Å². The number of thiophene rings is 1. The van der Waals surface area contributed by atoms with Crippen LogP contribution in [0.5, 0.6) is 0 Å². The van der Waals surface area contributed by atoms with Crippen molar-refractivity contribution in [2.24, 2.45) is 7.05 Å². The Morgan fingerprint density at radius 3 is 2.81 bits per heavy atom. The third kappa shape index (κ3) is 2.54. The molecule has 3 rings (SSSR count). The van der Waals surface area contributed by atoms with Crippen molar-refractivity contribution in [3.63, 3.8) is 0 Å². The Kier molecular flexibility index (Phi) is 3.92. The number of aliphatic hydroxyl groups excluding tert-OH is 1. The summed E-state index contributed by atoms with van der Waals surface area (Å²) < 4.78 is 2.85. The largest absolute Gasteiger partial charge is 0.388 e. The quantitative estimate of drug-likeness (QED) is 0.743. The number of hydrogen-bond acceptors (Lipinski definition) is 7. The minimum absolute atomic E-state index is 0.123. The van der Waals surface area contributed by atoms with Crippen LogP contribution in [0.3, 0.4) is 0 Å². The molecule has 8 heteroatoms. The molecule has 0 aliphatic carbocycles. The molecule has 3 heterocycles. The Bertz CT molecular complexity index is 795. The van der Waals surface area contributed by atoms with E-state index in [1.165, 1.54) is 17.3 Å². The predicted molar refractivity (Wildman–Crippen MR) is 82.6 cm³/mol. The van der Waals surface area contributed by atoms with Gasteiger partial charge in [0.15, 0.2) is 11.0 Å². The molecule has 0 unspecified atom stereocenters. The third-order valence-electron chi connectivity index (χ3n) is 3.18. The van der Waals surface area contributed by atoms with Crippen LogP contribution in [0.1, 0.15) is 24.1 Å². The molecule has 0 aromatic carbocycles. The molecule has 3 aromatic rings. The van der Waals surface area contributed by atoms with E-state index in [1.807, 2.05) is 14.0 Å². The SMILES string of the molecule is CCc1nc(Sc2nnc(CO)n2C)c2scc(C)c2n1. The van der Waals surface area contributed by atoms with E-state index in [9.17, 15) is 5.11 Å². The molecule has 0 saturated heterocycles. The maximum Gasteiger partial charge on any atom is 0.197 e. The Morgan fingerprint density at radius 1 is 1.33 bits per heavy atom. The van der Waals surface area contributed by atoms with Crippen LogP contribution >= 0.6 is 23.1 Å². The Morgan fingerprint density at radius 2 is 2.14 bits per heavy atom. The lowest BCUT2D eigenvalue weighted by Gasteiger charge is -2.05. The highest BCUT2D eigenvalue weighted by molar-refractivity contribution is 7.99. The average Bonchev–Trinajstić information content (AvgIpc) is 3.03. The molecule has 6 nitrogen and oxygen atoms in total. The number of hydrogen-bond donors (Lipinski definition) is 1. The molecule has 0 radical (unpaired) electrons. The van der Waals surface area contributed by atoms with E-state index in [4.69, 9.17) is 0 Å². The summed E-state index contributed by atoms with van der Waals surface area (Å²) in [6.07, 6.45) is 0.791. The normalized spacial score (nSPS) is 11.4. The lowest BCUT2D eigenvalue weighted by atomic mass is 10.3. The molecule has 21 heavy (non-hydrogen) atoms. The molecule has 1 N–H and O–H groups in total. The zero-order valence-electron chi connectivity index (χ0n) is 12.0. The average molecular weight is 321 g/mol. The van der Waals surface area contributed by atoms with Gasteiger partial charge in [0, 0.05) is 13.5 Å². The number of fused-ring (bicyclic) bond motifs is 1. The van der Waals surface area contributed by atoms with Crippen LogP contribution in [0.2, 0.25) is 0 Å². The van der Waals surface area contributed by atoms with Crippen molar-refractivity contribution >= 4 is 33.3 Å². The summed E-state index contributed by atoms with van der Waals surface area (Å²) in [5.41, 5.74) is 2.18. The number of aliphatic hydroxyl groups is 1. The van der Waals surface area contributed by atoms with Gasteiger partial charge in [-0.1, -0.05) is 6.92 Å². The van der Waals surface area contributed by atoms with Crippen molar-refractivity contribution in [1.82, 2.24) is 24.7 Å². The van der Waals surface area contributed by atoms with Crippen LogP contribution in [0.4, 0.5) is 0 Å². The van der Waals surface area contributed by atoms with Gasteiger partial charge in [-0.25, -0.2) is 9.97 Å². The van der Waals surface area contributed by atoms with E-state index in [0.29, 0.717) is 11.0 Å². The van der Waals surface area contributed by atoms with Crippen molar-refractivity contribution in [2.75, 3.05) is 0 Å². The summed E-state index contributed by atoms with van der Waals surface area (Å²) in [6, 6.07) is 0. The monoisotopic (exact) mass is 321 g/mol. The highest BCUT2D eigenvalue weighted by atomic mass is 32.2. The van der Waals surface area contributed by atoms with E-state index in [1.54, 1.807) is 15.9 Å². The number of nitrogens with zero attached hydrogens (tertiary/aromatic N) is 5. The zero-order chi connectivity index (χ0) is 15.0. The van der Waals surface area contributed by atoms with Gasteiger partial charge in [0.05, 0.1) is 10.2 Å². The fourth-order valence-corrected chi connectivity index (χ4v) is 3.91. The highest BCUT2D eigenvalue weighted by Crippen LogP contribution is 2.35. The molecule has 3 aromatic heterocycles. The summed E-state index contributed by atoms with van der Waals surface area (Å²) >= 11 is 3.11. The summed E-state index contributed by atoms with van der Waals surface area (Å²) in [4.78, 5) is 9.23. The maximum atomic E-state index is 9.20. The lowest BCUT2D eigenvalue weighted by molar-refractivity contribution is 0.266. The van der Waals surface area contributed by atoms with Crippen molar-refractivity contribution in [3.8, 4) is 0 Å². The van der Waals surface area contributed by atoms with Crippen LogP contribution in [0.25, 0.3) is 10.2 Å². The van der Waals surface area contributed by atoms with E-state index in [2.05, 4.69) is 32.5 Å². The zero-order valence-corrected chi connectivity index (χ0v) is 13.6. The van der Waals surface area contributed by atoms with Crippen LogP contribution in [-0.2, 0) is 20.1 Å². The first kappa shape index (κ1) is 14.4. The number of rotatable bonds is 4. The highest BCUT2D eigenvalue weighted by Gasteiger charge is 2.16. The summed E-state index contributed by atoms with van der Waals surface area (Å²) in [6.45, 7) is 3.98. The van der Waals surface area contributed by atoms with Gasteiger partial charge < -0.3 is 9.67 Å². The Hall–Kier alpha value is -1.51. The minimum Gasteiger partial charge on any atom is -0.388 e. The minimum atomic E-state index is -0.123. The molecule has 0 aliphatic rings. The molecular formula is C13H15N5OS2. The lowest BCUT2D eigenvalue weighted by Crippen LogP contribution is -1.99. The van der Waals surface area contributed by atoms with E-state index in [0.717, 1.165) is 27.5 Å². The van der Waals surface area contributed by atoms with Gasteiger partial charge in [-0.15, -0.1) is 21.5 Å². The fraction of sp³-hybridized carbons (Fsp3) is 0.385. The number of aromatic nitrogens is 5. The van der Waals surface area contributed by atoms with Gasteiger partial charge >= 0.3 is 0 Å². The molecule has 0 amide bonds. The summed E-state index contributed by atoms with van der Waals surface area (Å²) in [7, 11) is 1.84. The predicted octanol–water partition coefficient (Wildman–Crippen LogP) is 2.33. The molecule has 110 valence electrons. The summed E-state index contributed by atoms with van der Waals surface area (Å²) in [5.74, 6) is 1.37. The van der Waals surface area contributed by atoms with Gasteiger partial charge in [0.25, 0.3) is 0 Å². The molecule has 0 aliphatic heterocycles. The second-order valence-corrected chi connectivity index (χ2v) is 6.45. The van der Waals surface area contributed by atoms with E-state index in [-0.39, 0.29) is 6.61 Å². The third-order valence-corrected chi connectivity index (χ3v) is 5.43. The van der Waals surface area contributed by atoms with Gasteiger partial charge in [-0.2, -0.15) is 0 Å². The fourth-order valence-electron chi connectivity index (χ4n) is 1.94. The first-order valence-corrected chi connectivity index (χ1v) is 8.25. The molecule has 0 spiro atoms. The smallest absolute Gasteiger partial charge is 0.197 e. The van der Waals surface area contributed by atoms with Crippen molar-refractivity contribution in [3.05, 3.63) is 22.6 Å². The van der Waals surface area contributed by atoms with Crippen LogP contribution in [0, 0.1) is 6.92 Å². The van der Waals surface area contributed by atoms with Gasteiger partial charge in [0.2, 0.25) is 0 Å². The van der Waals surface area contributed by atoms with Gasteiger partial charge in [-0.3, -0.25) is 0 Å². The second-order valence-electron chi connectivity index (χ2n) is 4.61. The van der Waals surface area contributed by atoms with Crippen molar-refractivity contribution in [1.29, 1.82) is 0 Å². The van der Waals surface area contributed by atoms with Crippen LogP contribution < -0.4 is 0 Å². The molecule has 0 saturated carbocycles. The van der Waals surface area contributed by atoms with Gasteiger partial charge in [-0.05, 0) is 29.6 Å². The Labute approximate surface area is 130 Å². The number of aryl methyl sites for hydroxylation is 2. The molecule has 0 atom stereocenters. The van der Waals surface area contributed by atoms with Crippen LogP contribution in [0.15, 0.2) is 15.6 Å². The standard InChI is InChI=1S/C13H15N5OS2/c1-4-8-14-10-7(2)6-20-11(10)12(15-8)21-13-17-16-9(5-19)18(13)3/h6,19H,4-5H2,1-3H3. The van der Waals surface area contributed by atoms with E-state index < -0.39 is 0 Å². The second kappa shape index (κ2) is 5.70.